The Balaban J connectivity index is 3.37. The Morgan fingerprint density at radius 1 is 1.33 bits per heavy atom. The normalized spacial score (nSPS) is 16.5. The lowest BCUT2D eigenvalue weighted by Crippen LogP contribution is -2.40. The quantitative estimate of drug-likeness (QED) is 0.645. The van der Waals surface area contributed by atoms with Gasteiger partial charge in [0.25, 0.3) is 6.43 Å². The van der Waals surface area contributed by atoms with Crippen molar-refractivity contribution < 1.29 is 8.78 Å². The minimum atomic E-state index is -2.28. The molecule has 12 heavy (non-hydrogen) atoms. The van der Waals surface area contributed by atoms with Crippen LogP contribution >= 0.6 is 0 Å². The fourth-order valence-corrected chi connectivity index (χ4v) is 0.863. The third kappa shape index (κ3) is 5.43. The highest BCUT2D eigenvalue weighted by atomic mass is 19.3. The van der Waals surface area contributed by atoms with Crippen LogP contribution in [0.25, 0.3) is 0 Å². The van der Waals surface area contributed by atoms with Crippen LogP contribution in [-0.2, 0) is 0 Å². The maximum absolute atomic E-state index is 11.7. The summed E-state index contributed by atoms with van der Waals surface area (Å²) in [5.41, 5.74) is 5.71. The molecule has 2 unspecified atom stereocenters. The molecule has 0 aliphatic heterocycles. The molecule has 0 saturated heterocycles. The number of hydrogen-bond donors (Lipinski definition) is 2. The van der Waals surface area contributed by atoms with E-state index < -0.39 is 6.43 Å². The lowest BCUT2D eigenvalue weighted by molar-refractivity contribution is 0.144. The Kier molecular flexibility index (Phi) is 6.20. The van der Waals surface area contributed by atoms with Crippen LogP contribution < -0.4 is 11.1 Å². The summed E-state index contributed by atoms with van der Waals surface area (Å²) < 4.78 is 23.3. The largest absolute Gasteiger partial charge is 0.326 e. The molecule has 2 nitrogen and oxygen atoms in total. The third-order valence-corrected chi connectivity index (χ3v) is 2.05. The molecule has 2 atom stereocenters. The summed E-state index contributed by atoms with van der Waals surface area (Å²) in [5, 5.41) is 2.62. The molecule has 0 bridgehead atoms. The van der Waals surface area contributed by atoms with Crippen LogP contribution in [0.2, 0.25) is 0 Å². The van der Waals surface area contributed by atoms with E-state index in [1.54, 1.807) is 0 Å². The molecule has 74 valence electrons. The summed E-state index contributed by atoms with van der Waals surface area (Å²) >= 11 is 0. The molecule has 0 fully saturated rings. The highest BCUT2D eigenvalue weighted by Gasteiger charge is 2.10. The molecule has 0 aromatic rings. The average molecular weight is 180 g/mol. The van der Waals surface area contributed by atoms with Crippen molar-refractivity contribution in [1.82, 2.24) is 5.32 Å². The molecule has 0 aromatic heterocycles. The SMILES string of the molecule is CCC(C)C(N)CNCC(F)F. The van der Waals surface area contributed by atoms with Crippen LogP contribution in [0.1, 0.15) is 20.3 Å². The maximum Gasteiger partial charge on any atom is 0.250 e. The van der Waals surface area contributed by atoms with Crippen molar-refractivity contribution in [2.75, 3.05) is 13.1 Å². The molecule has 3 N–H and O–H groups in total. The van der Waals surface area contributed by atoms with Crippen LogP contribution in [-0.4, -0.2) is 25.6 Å². The van der Waals surface area contributed by atoms with Crippen molar-refractivity contribution >= 4 is 0 Å². The summed E-state index contributed by atoms with van der Waals surface area (Å²) in [6.45, 7) is 4.27. The monoisotopic (exact) mass is 180 g/mol. The van der Waals surface area contributed by atoms with E-state index in [0.717, 1.165) is 6.42 Å². The summed E-state index contributed by atoms with van der Waals surface area (Å²) in [5.74, 6) is 0.384. The molecule has 0 radical (unpaired) electrons. The van der Waals surface area contributed by atoms with Gasteiger partial charge < -0.3 is 11.1 Å². The van der Waals surface area contributed by atoms with E-state index in [0.29, 0.717) is 12.5 Å². The van der Waals surface area contributed by atoms with Crippen LogP contribution in [0.15, 0.2) is 0 Å². The van der Waals surface area contributed by atoms with E-state index in [-0.39, 0.29) is 12.6 Å². The van der Waals surface area contributed by atoms with Gasteiger partial charge >= 0.3 is 0 Å². The number of nitrogens with two attached hydrogens (primary N) is 1. The topological polar surface area (TPSA) is 38.0 Å². The summed E-state index contributed by atoms with van der Waals surface area (Å²) in [4.78, 5) is 0. The Morgan fingerprint density at radius 3 is 2.33 bits per heavy atom. The fourth-order valence-electron chi connectivity index (χ4n) is 0.863. The van der Waals surface area contributed by atoms with Gasteiger partial charge in [0, 0.05) is 12.6 Å². The summed E-state index contributed by atoms with van der Waals surface area (Å²) in [6, 6.07) is -0.0197. The second-order valence-corrected chi connectivity index (χ2v) is 3.10. The lowest BCUT2D eigenvalue weighted by atomic mass is 10.0. The van der Waals surface area contributed by atoms with Gasteiger partial charge in [-0.25, -0.2) is 8.78 Å². The molecular weight excluding hydrogens is 162 g/mol. The number of alkyl halides is 2. The minimum absolute atomic E-state index is 0.0197. The Hall–Kier alpha value is -0.220. The first kappa shape index (κ1) is 11.8. The molecule has 0 heterocycles. The molecular formula is C8H18F2N2. The van der Waals surface area contributed by atoms with E-state index >= 15 is 0 Å². The van der Waals surface area contributed by atoms with E-state index in [2.05, 4.69) is 5.32 Å². The predicted molar refractivity (Wildman–Crippen MR) is 46.3 cm³/mol. The highest BCUT2D eigenvalue weighted by molar-refractivity contribution is 4.70. The van der Waals surface area contributed by atoms with Gasteiger partial charge in [-0.15, -0.1) is 0 Å². The lowest BCUT2D eigenvalue weighted by Gasteiger charge is -2.18. The van der Waals surface area contributed by atoms with Gasteiger partial charge in [0.2, 0.25) is 0 Å². The van der Waals surface area contributed by atoms with Crippen molar-refractivity contribution in [2.24, 2.45) is 11.7 Å². The number of hydrogen-bond acceptors (Lipinski definition) is 2. The zero-order chi connectivity index (χ0) is 9.56. The van der Waals surface area contributed by atoms with Gasteiger partial charge in [-0.1, -0.05) is 20.3 Å². The fraction of sp³-hybridized carbons (Fsp3) is 1.00. The Morgan fingerprint density at radius 2 is 1.92 bits per heavy atom. The summed E-state index contributed by atoms with van der Waals surface area (Å²) in [6.07, 6.45) is -1.30. The van der Waals surface area contributed by atoms with E-state index in [1.807, 2.05) is 13.8 Å². The van der Waals surface area contributed by atoms with Gasteiger partial charge in [0.05, 0.1) is 6.54 Å². The second kappa shape index (κ2) is 6.31. The number of nitrogens with one attached hydrogen (secondary N) is 1. The van der Waals surface area contributed by atoms with Crippen LogP contribution in [0.4, 0.5) is 8.78 Å². The third-order valence-electron chi connectivity index (χ3n) is 2.05. The Bertz CT molecular complexity index is 109. The maximum atomic E-state index is 11.7. The molecule has 0 saturated carbocycles. The van der Waals surface area contributed by atoms with E-state index in [1.165, 1.54) is 0 Å². The van der Waals surface area contributed by atoms with Gasteiger partial charge in [-0.3, -0.25) is 0 Å². The molecule has 0 aliphatic rings. The molecule has 4 heteroatoms. The molecule has 0 spiro atoms. The Labute approximate surface area is 72.5 Å². The molecule has 0 amide bonds. The zero-order valence-corrected chi connectivity index (χ0v) is 7.69. The predicted octanol–water partition coefficient (Wildman–Crippen LogP) is 1.21. The van der Waals surface area contributed by atoms with E-state index in [9.17, 15) is 8.78 Å². The highest BCUT2D eigenvalue weighted by Crippen LogP contribution is 2.03. The first-order valence-corrected chi connectivity index (χ1v) is 4.32. The first-order valence-electron chi connectivity index (χ1n) is 4.32. The van der Waals surface area contributed by atoms with Crippen molar-refractivity contribution in [3.63, 3.8) is 0 Å². The molecule has 0 aliphatic carbocycles. The van der Waals surface area contributed by atoms with Gasteiger partial charge in [0.15, 0.2) is 0 Å². The minimum Gasteiger partial charge on any atom is -0.326 e. The second-order valence-electron chi connectivity index (χ2n) is 3.10. The van der Waals surface area contributed by atoms with Crippen molar-refractivity contribution in [3.8, 4) is 0 Å². The van der Waals surface area contributed by atoms with Gasteiger partial charge in [-0.2, -0.15) is 0 Å². The number of halogens is 2. The van der Waals surface area contributed by atoms with Crippen molar-refractivity contribution in [1.29, 1.82) is 0 Å². The first-order chi connectivity index (χ1) is 5.57. The number of rotatable bonds is 6. The van der Waals surface area contributed by atoms with Crippen molar-refractivity contribution in [3.05, 3.63) is 0 Å². The smallest absolute Gasteiger partial charge is 0.250 e. The van der Waals surface area contributed by atoms with Crippen LogP contribution in [0.5, 0.6) is 0 Å². The molecule has 0 rings (SSSR count). The standard InChI is InChI=1S/C8H18F2N2/c1-3-6(2)7(11)4-12-5-8(9)10/h6-8,12H,3-5,11H2,1-2H3. The molecule has 0 aromatic carbocycles. The summed E-state index contributed by atoms with van der Waals surface area (Å²) in [7, 11) is 0. The van der Waals surface area contributed by atoms with Gasteiger partial charge in [-0.05, 0) is 5.92 Å². The van der Waals surface area contributed by atoms with Crippen molar-refractivity contribution in [2.45, 2.75) is 32.7 Å². The van der Waals surface area contributed by atoms with E-state index in [4.69, 9.17) is 5.73 Å². The average Bonchev–Trinajstić information content (AvgIpc) is 2.02. The van der Waals surface area contributed by atoms with Gasteiger partial charge in [0.1, 0.15) is 0 Å². The van der Waals surface area contributed by atoms with Crippen LogP contribution in [0.3, 0.4) is 0 Å². The van der Waals surface area contributed by atoms with Crippen LogP contribution in [0, 0.1) is 5.92 Å². The zero-order valence-electron chi connectivity index (χ0n) is 7.69.